The molecule has 0 aliphatic heterocycles. The number of phenolic OH excluding ortho intramolecular Hbond substituents is 1. The molecule has 0 fully saturated rings. The Morgan fingerprint density at radius 2 is 1.56 bits per heavy atom. The molecule has 0 heterocycles. The molecule has 2 aromatic rings. The van der Waals surface area contributed by atoms with Gasteiger partial charge in [-0.15, -0.1) is 0 Å². The van der Waals surface area contributed by atoms with Crippen LogP contribution < -0.4 is 0 Å². The average Bonchev–Trinajstić information content (AvgIpc) is 2.76. The van der Waals surface area contributed by atoms with Crippen LogP contribution in [0.15, 0.2) is 59.1 Å². The van der Waals surface area contributed by atoms with Gasteiger partial charge in [0.05, 0.1) is 16.6 Å². The van der Waals surface area contributed by atoms with Crippen LogP contribution in [0.2, 0.25) is 0 Å². The van der Waals surface area contributed by atoms with E-state index in [2.05, 4.69) is 0 Å². The van der Waals surface area contributed by atoms with Crippen LogP contribution in [0.4, 0.5) is 0 Å². The lowest BCUT2D eigenvalue weighted by molar-refractivity contribution is -0.138. The summed E-state index contributed by atoms with van der Waals surface area (Å²) >= 11 is 0. The van der Waals surface area contributed by atoms with E-state index in [4.69, 9.17) is 0 Å². The van der Waals surface area contributed by atoms with E-state index >= 15 is 0 Å². The minimum Gasteiger partial charge on any atom is -0.511 e. The van der Waals surface area contributed by atoms with Crippen LogP contribution in [-0.4, -0.2) is 32.7 Å². The van der Waals surface area contributed by atoms with Gasteiger partial charge in [0.25, 0.3) is 0 Å². The van der Waals surface area contributed by atoms with Crippen LogP contribution in [0, 0.1) is 23.2 Å². The predicted molar refractivity (Wildman–Crippen MR) is 135 cm³/mol. The quantitative estimate of drug-likeness (QED) is 0.469. The number of aromatic hydroxyl groups is 1. The lowest BCUT2D eigenvalue weighted by Gasteiger charge is -2.57. The van der Waals surface area contributed by atoms with Gasteiger partial charge in [-0.25, -0.2) is 0 Å². The molecule has 2 aromatic carbocycles. The van der Waals surface area contributed by atoms with Crippen LogP contribution in [0.5, 0.6) is 5.75 Å². The standard InChI is InChI=1S/C30H30O6/c1-15-6-8-17(9-7-15)18-10-11-20(32)23-19(18)12-28(3)14-29(4)13-21(33)22(16(2)31)26(35)30(29,5)27(36)24(28)25(23)34/h6-11,32-33,36H,12-14H2,1-5H3/t28-,29+,30+/m0/s1. The van der Waals surface area contributed by atoms with Crippen LogP contribution in [-0.2, 0) is 16.0 Å². The highest BCUT2D eigenvalue weighted by molar-refractivity contribution is 6.24. The fraction of sp³-hybridized carbons (Fsp3) is 0.367. The first-order chi connectivity index (χ1) is 16.7. The number of aliphatic hydroxyl groups is 2. The third kappa shape index (κ3) is 2.93. The Labute approximate surface area is 210 Å². The van der Waals surface area contributed by atoms with E-state index in [1.807, 2.05) is 45.0 Å². The summed E-state index contributed by atoms with van der Waals surface area (Å²) in [6, 6.07) is 11.2. The van der Waals surface area contributed by atoms with Crippen LogP contribution in [0.3, 0.4) is 0 Å². The normalized spacial score (nSPS) is 29.6. The van der Waals surface area contributed by atoms with Crippen molar-refractivity contribution in [3.63, 3.8) is 0 Å². The van der Waals surface area contributed by atoms with Gasteiger partial charge in [0, 0.05) is 17.4 Å². The minimum absolute atomic E-state index is 0.0307. The minimum atomic E-state index is -1.56. The van der Waals surface area contributed by atoms with Crippen molar-refractivity contribution in [2.24, 2.45) is 16.2 Å². The number of rotatable bonds is 2. The molecule has 3 aliphatic carbocycles. The second-order valence-corrected chi connectivity index (χ2v) is 11.4. The third-order valence-electron chi connectivity index (χ3n) is 8.86. The number of ketones is 3. The second-order valence-electron chi connectivity index (χ2n) is 11.4. The smallest absolute Gasteiger partial charge is 0.196 e. The Hall–Kier alpha value is -3.67. The summed E-state index contributed by atoms with van der Waals surface area (Å²) in [7, 11) is 0. The lowest BCUT2D eigenvalue weighted by Crippen LogP contribution is -2.57. The molecular formula is C30H30O6. The first-order valence-corrected chi connectivity index (χ1v) is 12.1. The van der Waals surface area contributed by atoms with Crippen molar-refractivity contribution in [3.05, 3.63) is 75.8 Å². The highest BCUT2D eigenvalue weighted by Gasteiger charge is 2.65. The van der Waals surface area contributed by atoms with E-state index in [0.717, 1.165) is 16.7 Å². The molecule has 0 radical (unpaired) electrons. The Kier molecular flexibility index (Phi) is 4.95. The Balaban J connectivity index is 1.76. The molecule has 6 heteroatoms. The maximum atomic E-state index is 14.0. The Morgan fingerprint density at radius 1 is 0.917 bits per heavy atom. The van der Waals surface area contributed by atoms with E-state index in [-0.39, 0.29) is 40.4 Å². The molecule has 186 valence electrons. The van der Waals surface area contributed by atoms with Crippen LogP contribution in [0.1, 0.15) is 62.0 Å². The third-order valence-corrected chi connectivity index (χ3v) is 8.86. The van der Waals surface area contributed by atoms with Crippen LogP contribution in [0.25, 0.3) is 11.1 Å². The number of benzene rings is 2. The van der Waals surface area contributed by atoms with Crippen molar-refractivity contribution in [2.75, 3.05) is 0 Å². The zero-order chi connectivity index (χ0) is 26.4. The van der Waals surface area contributed by atoms with E-state index in [9.17, 15) is 29.7 Å². The van der Waals surface area contributed by atoms with Gasteiger partial charge in [-0.2, -0.15) is 0 Å². The second kappa shape index (κ2) is 7.42. The highest BCUT2D eigenvalue weighted by Crippen LogP contribution is 2.66. The van der Waals surface area contributed by atoms with E-state index in [1.54, 1.807) is 13.0 Å². The molecule has 3 N–H and O–H groups in total. The number of Topliss-reactive ketones (excluding diaryl/α,β-unsaturated/α-hetero) is 3. The van der Waals surface area contributed by atoms with Gasteiger partial charge < -0.3 is 15.3 Å². The summed E-state index contributed by atoms with van der Waals surface area (Å²) in [6.45, 7) is 8.46. The summed E-state index contributed by atoms with van der Waals surface area (Å²) in [4.78, 5) is 39.9. The maximum absolute atomic E-state index is 14.0. The van der Waals surface area contributed by atoms with Gasteiger partial charge in [-0.1, -0.05) is 49.7 Å². The molecule has 3 atom stereocenters. The topological polar surface area (TPSA) is 112 Å². The predicted octanol–water partition coefficient (Wildman–Crippen LogP) is 5.72. The van der Waals surface area contributed by atoms with Gasteiger partial charge in [0.1, 0.15) is 17.3 Å². The summed E-state index contributed by atoms with van der Waals surface area (Å²) in [5.74, 6) is -2.58. The number of aliphatic hydroxyl groups excluding tert-OH is 2. The summed E-state index contributed by atoms with van der Waals surface area (Å²) in [5.41, 5.74) is 0.0951. The first-order valence-electron chi connectivity index (χ1n) is 12.1. The van der Waals surface area contributed by atoms with Crippen molar-refractivity contribution >= 4 is 17.3 Å². The van der Waals surface area contributed by atoms with Crippen molar-refractivity contribution in [1.82, 2.24) is 0 Å². The number of carbonyl (C=O) groups excluding carboxylic acids is 3. The molecule has 0 spiro atoms. The first kappa shape index (κ1) is 24.0. The molecule has 6 nitrogen and oxygen atoms in total. The van der Waals surface area contributed by atoms with Gasteiger partial charge in [-0.3, -0.25) is 14.4 Å². The molecule has 0 unspecified atom stereocenters. The molecule has 5 rings (SSSR count). The fourth-order valence-electron chi connectivity index (χ4n) is 6.89. The summed E-state index contributed by atoms with van der Waals surface area (Å²) in [5, 5.41) is 33.2. The number of hydrogen-bond donors (Lipinski definition) is 3. The molecule has 0 bridgehead atoms. The van der Waals surface area contributed by atoms with Crippen LogP contribution >= 0.6 is 0 Å². The molecule has 0 aromatic heterocycles. The van der Waals surface area contributed by atoms with Crippen molar-refractivity contribution in [1.29, 1.82) is 0 Å². The molecule has 0 saturated heterocycles. The number of carbonyl (C=O) groups is 3. The number of allylic oxidation sites excluding steroid dienone is 4. The monoisotopic (exact) mass is 486 g/mol. The number of phenols is 1. The maximum Gasteiger partial charge on any atom is 0.196 e. The average molecular weight is 487 g/mol. The zero-order valence-electron chi connectivity index (χ0n) is 21.2. The molecule has 0 amide bonds. The largest absolute Gasteiger partial charge is 0.511 e. The van der Waals surface area contributed by atoms with Gasteiger partial charge in [-0.05, 0) is 61.8 Å². The Bertz CT molecular complexity index is 1440. The summed E-state index contributed by atoms with van der Waals surface area (Å²) < 4.78 is 0. The van der Waals surface area contributed by atoms with E-state index in [1.165, 1.54) is 13.0 Å². The van der Waals surface area contributed by atoms with Gasteiger partial charge in [0.2, 0.25) is 0 Å². The van der Waals surface area contributed by atoms with E-state index < -0.39 is 33.6 Å². The van der Waals surface area contributed by atoms with Crippen molar-refractivity contribution < 1.29 is 29.7 Å². The number of fused-ring (bicyclic) bond motifs is 3. The summed E-state index contributed by atoms with van der Waals surface area (Å²) in [6.07, 6.45) is 0.711. The Morgan fingerprint density at radius 3 is 2.17 bits per heavy atom. The lowest BCUT2D eigenvalue weighted by atomic mass is 9.44. The fourth-order valence-corrected chi connectivity index (χ4v) is 6.89. The van der Waals surface area contributed by atoms with Crippen molar-refractivity contribution in [3.8, 4) is 16.9 Å². The van der Waals surface area contributed by atoms with Gasteiger partial charge in [0.15, 0.2) is 17.3 Å². The van der Waals surface area contributed by atoms with E-state index in [0.29, 0.717) is 18.4 Å². The van der Waals surface area contributed by atoms with Gasteiger partial charge >= 0.3 is 0 Å². The molecular weight excluding hydrogens is 456 g/mol. The zero-order valence-corrected chi connectivity index (χ0v) is 21.2. The highest BCUT2D eigenvalue weighted by atomic mass is 16.3. The van der Waals surface area contributed by atoms with Crippen molar-refractivity contribution in [2.45, 2.75) is 53.9 Å². The molecule has 3 aliphatic rings. The number of hydrogen-bond acceptors (Lipinski definition) is 6. The molecule has 36 heavy (non-hydrogen) atoms. The molecule has 0 saturated carbocycles. The number of aryl methyl sites for hydroxylation is 1. The SMILES string of the molecule is CC(=O)C1=C(O)C[C@]2(C)C[C@]3(C)Cc4c(-c5ccc(C)cc5)ccc(O)c4C(=O)C3=C(O)[C@@]2(C)C1=O.